The van der Waals surface area contributed by atoms with Crippen LogP contribution in [0.3, 0.4) is 0 Å². The van der Waals surface area contributed by atoms with E-state index in [-0.39, 0.29) is 0 Å². The zero-order chi connectivity index (χ0) is 13.0. The van der Waals surface area contributed by atoms with Gasteiger partial charge in [-0.1, -0.05) is 12.1 Å². The summed E-state index contributed by atoms with van der Waals surface area (Å²) >= 11 is 0. The maximum atomic E-state index is 5.58. The first-order valence-corrected chi connectivity index (χ1v) is 5.77. The number of benzene rings is 1. The number of hydrogen-bond donors (Lipinski definition) is 1. The zero-order valence-corrected chi connectivity index (χ0v) is 10.6. The van der Waals surface area contributed by atoms with Gasteiger partial charge in [-0.25, -0.2) is 4.98 Å². The van der Waals surface area contributed by atoms with E-state index in [1.807, 2.05) is 48.3 Å². The molecule has 4 nitrogen and oxygen atoms in total. The third-order valence-corrected chi connectivity index (χ3v) is 2.86. The lowest BCUT2D eigenvalue weighted by molar-refractivity contribution is 0.413. The van der Waals surface area contributed by atoms with Crippen LogP contribution in [0.25, 0.3) is 0 Å². The van der Waals surface area contributed by atoms with E-state index < -0.39 is 0 Å². The second kappa shape index (κ2) is 5.51. The first-order valence-electron chi connectivity index (χ1n) is 5.77. The molecular weight excluding hydrogens is 226 g/mol. The van der Waals surface area contributed by atoms with Crippen LogP contribution < -0.4 is 15.4 Å². The van der Waals surface area contributed by atoms with E-state index in [0.29, 0.717) is 6.54 Å². The Bertz CT molecular complexity index is 446. The minimum absolute atomic E-state index is 0.560. The SMILES string of the molecule is COc1ccc(N(C)c2ccc(CN)cc2)nc1. The van der Waals surface area contributed by atoms with E-state index in [0.717, 1.165) is 22.8 Å². The number of rotatable bonds is 4. The molecule has 1 heterocycles. The van der Waals surface area contributed by atoms with Gasteiger partial charge < -0.3 is 15.4 Å². The van der Waals surface area contributed by atoms with Gasteiger partial charge in [0.05, 0.1) is 13.3 Å². The number of aromatic nitrogens is 1. The largest absolute Gasteiger partial charge is 0.495 e. The normalized spacial score (nSPS) is 10.2. The Balaban J connectivity index is 2.20. The van der Waals surface area contributed by atoms with Crippen molar-refractivity contribution in [1.82, 2.24) is 4.98 Å². The molecule has 0 atom stereocenters. The lowest BCUT2D eigenvalue weighted by Crippen LogP contribution is -2.11. The standard InChI is InChI=1S/C14H17N3O/c1-17(12-5-3-11(9-15)4-6-12)14-8-7-13(18-2)10-16-14/h3-8,10H,9,15H2,1-2H3. The highest BCUT2D eigenvalue weighted by atomic mass is 16.5. The summed E-state index contributed by atoms with van der Waals surface area (Å²) in [6.45, 7) is 0.560. The Morgan fingerprint density at radius 2 is 1.89 bits per heavy atom. The number of nitrogens with zero attached hydrogens (tertiary/aromatic N) is 2. The zero-order valence-electron chi connectivity index (χ0n) is 10.6. The quantitative estimate of drug-likeness (QED) is 0.895. The summed E-state index contributed by atoms with van der Waals surface area (Å²) in [6.07, 6.45) is 1.71. The van der Waals surface area contributed by atoms with Gasteiger partial charge in [0.15, 0.2) is 0 Å². The molecule has 1 aromatic carbocycles. The van der Waals surface area contributed by atoms with Gasteiger partial charge in [-0.15, -0.1) is 0 Å². The molecule has 0 aliphatic rings. The molecule has 0 radical (unpaired) electrons. The van der Waals surface area contributed by atoms with Gasteiger partial charge in [0.1, 0.15) is 11.6 Å². The van der Waals surface area contributed by atoms with Gasteiger partial charge in [-0.2, -0.15) is 0 Å². The maximum absolute atomic E-state index is 5.58. The Morgan fingerprint density at radius 1 is 1.17 bits per heavy atom. The van der Waals surface area contributed by atoms with Gasteiger partial charge in [0, 0.05) is 19.3 Å². The molecular formula is C14H17N3O. The number of ether oxygens (including phenoxy) is 1. The number of hydrogen-bond acceptors (Lipinski definition) is 4. The monoisotopic (exact) mass is 243 g/mol. The number of methoxy groups -OCH3 is 1. The molecule has 94 valence electrons. The van der Waals surface area contributed by atoms with Gasteiger partial charge in [-0.3, -0.25) is 0 Å². The van der Waals surface area contributed by atoms with Crippen LogP contribution in [0.15, 0.2) is 42.6 Å². The van der Waals surface area contributed by atoms with E-state index in [2.05, 4.69) is 4.98 Å². The fourth-order valence-electron chi connectivity index (χ4n) is 1.68. The van der Waals surface area contributed by atoms with Crippen molar-refractivity contribution in [2.75, 3.05) is 19.1 Å². The number of pyridine rings is 1. The fourth-order valence-corrected chi connectivity index (χ4v) is 1.68. The Morgan fingerprint density at radius 3 is 2.39 bits per heavy atom. The van der Waals surface area contributed by atoms with Crippen molar-refractivity contribution in [3.05, 3.63) is 48.2 Å². The molecule has 0 spiro atoms. The van der Waals surface area contributed by atoms with Crippen molar-refractivity contribution in [3.63, 3.8) is 0 Å². The minimum atomic E-state index is 0.560. The van der Waals surface area contributed by atoms with Gasteiger partial charge in [0.25, 0.3) is 0 Å². The predicted molar refractivity (Wildman–Crippen MR) is 73.2 cm³/mol. The Labute approximate surface area is 107 Å². The summed E-state index contributed by atoms with van der Waals surface area (Å²) in [7, 11) is 3.61. The van der Waals surface area contributed by atoms with Crippen LogP contribution in [0.2, 0.25) is 0 Å². The molecule has 0 aliphatic heterocycles. The average molecular weight is 243 g/mol. The van der Waals surface area contributed by atoms with Crippen LogP contribution in [0.4, 0.5) is 11.5 Å². The van der Waals surface area contributed by atoms with Crippen LogP contribution >= 0.6 is 0 Å². The summed E-state index contributed by atoms with van der Waals surface area (Å²) < 4.78 is 5.09. The van der Waals surface area contributed by atoms with Crippen molar-refractivity contribution >= 4 is 11.5 Å². The van der Waals surface area contributed by atoms with Gasteiger partial charge >= 0.3 is 0 Å². The van der Waals surface area contributed by atoms with E-state index in [1.165, 1.54) is 0 Å². The van der Waals surface area contributed by atoms with E-state index in [4.69, 9.17) is 10.5 Å². The highest BCUT2D eigenvalue weighted by Gasteiger charge is 2.05. The second-order valence-electron chi connectivity index (χ2n) is 3.99. The molecule has 0 unspecified atom stereocenters. The molecule has 0 aliphatic carbocycles. The Hall–Kier alpha value is -2.07. The van der Waals surface area contributed by atoms with Crippen LogP contribution in [0, 0.1) is 0 Å². The first-order chi connectivity index (χ1) is 8.74. The van der Waals surface area contributed by atoms with Crippen molar-refractivity contribution in [2.24, 2.45) is 5.73 Å². The van der Waals surface area contributed by atoms with Gasteiger partial charge in [-0.05, 0) is 29.8 Å². The molecule has 0 bridgehead atoms. The summed E-state index contributed by atoms with van der Waals surface area (Å²) in [5, 5.41) is 0. The van der Waals surface area contributed by atoms with E-state index >= 15 is 0 Å². The van der Waals surface area contributed by atoms with E-state index in [9.17, 15) is 0 Å². The second-order valence-corrected chi connectivity index (χ2v) is 3.99. The predicted octanol–water partition coefficient (Wildman–Crippen LogP) is 2.32. The first kappa shape index (κ1) is 12.4. The summed E-state index contributed by atoms with van der Waals surface area (Å²) in [5.41, 5.74) is 7.77. The molecule has 0 saturated heterocycles. The van der Waals surface area contributed by atoms with Crippen LogP contribution in [-0.2, 0) is 6.54 Å². The molecule has 2 rings (SSSR count). The molecule has 0 amide bonds. The lowest BCUT2D eigenvalue weighted by atomic mass is 10.2. The van der Waals surface area contributed by atoms with Crippen LogP contribution in [0.5, 0.6) is 5.75 Å². The topological polar surface area (TPSA) is 51.4 Å². The summed E-state index contributed by atoms with van der Waals surface area (Å²) in [4.78, 5) is 6.36. The van der Waals surface area contributed by atoms with E-state index in [1.54, 1.807) is 13.3 Å². The van der Waals surface area contributed by atoms with Crippen LogP contribution in [0.1, 0.15) is 5.56 Å². The van der Waals surface area contributed by atoms with Crippen LogP contribution in [-0.4, -0.2) is 19.1 Å². The molecule has 4 heteroatoms. The van der Waals surface area contributed by atoms with Crippen molar-refractivity contribution in [3.8, 4) is 5.75 Å². The third kappa shape index (κ3) is 2.60. The molecule has 0 saturated carbocycles. The Kier molecular flexibility index (Phi) is 3.79. The minimum Gasteiger partial charge on any atom is -0.495 e. The summed E-state index contributed by atoms with van der Waals surface area (Å²) in [5.74, 6) is 1.63. The number of anilines is 2. The highest BCUT2D eigenvalue weighted by Crippen LogP contribution is 2.23. The average Bonchev–Trinajstić information content (AvgIpc) is 2.47. The smallest absolute Gasteiger partial charge is 0.137 e. The molecule has 1 aromatic heterocycles. The molecule has 0 fully saturated rings. The van der Waals surface area contributed by atoms with Crippen molar-refractivity contribution in [2.45, 2.75) is 6.54 Å². The highest BCUT2D eigenvalue weighted by molar-refractivity contribution is 5.59. The third-order valence-electron chi connectivity index (χ3n) is 2.86. The molecule has 2 aromatic rings. The van der Waals surface area contributed by atoms with Crippen molar-refractivity contribution < 1.29 is 4.74 Å². The number of nitrogens with two attached hydrogens (primary N) is 1. The fraction of sp³-hybridized carbons (Fsp3) is 0.214. The molecule has 2 N–H and O–H groups in total. The molecule has 18 heavy (non-hydrogen) atoms. The maximum Gasteiger partial charge on any atom is 0.137 e. The van der Waals surface area contributed by atoms with Crippen molar-refractivity contribution in [1.29, 1.82) is 0 Å². The lowest BCUT2D eigenvalue weighted by Gasteiger charge is -2.18. The summed E-state index contributed by atoms with van der Waals surface area (Å²) in [6, 6.07) is 11.9. The van der Waals surface area contributed by atoms with Gasteiger partial charge in [0.2, 0.25) is 0 Å².